The number of hydrogen-bond acceptors (Lipinski definition) is 3. The third-order valence-electron chi connectivity index (χ3n) is 5.35. The van der Waals surface area contributed by atoms with Crippen molar-refractivity contribution in [1.29, 1.82) is 0 Å². The molecule has 1 aliphatic heterocycles. The molecule has 1 saturated heterocycles. The van der Waals surface area contributed by atoms with Gasteiger partial charge in [0.15, 0.2) is 0 Å². The summed E-state index contributed by atoms with van der Waals surface area (Å²) in [7, 11) is 1.68. The van der Waals surface area contributed by atoms with Crippen LogP contribution in [-0.4, -0.2) is 31.0 Å². The monoisotopic (exact) mass is 366 g/mol. The molecule has 1 N–H and O–H groups in total. The number of hydrogen-bond donors (Lipinski definition) is 1. The molecule has 2 atom stereocenters. The second-order valence-electron chi connectivity index (χ2n) is 7.60. The van der Waals surface area contributed by atoms with E-state index in [9.17, 15) is 4.79 Å². The Morgan fingerprint density at radius 1 is 1.15 bits per heavy atom. The maximum atomic E-state index is 12.8. The Bertz CT molecular complexity index is 728. The Labute approximate surface area is 162 Å². The van der Waals surface area contributed by atoms with Crippen molar-refractivity contribution in [3.05, 3.63) is 65.7 Å². The summed E-state index contributed by atoms with van der Waals surface area (Å²) in [5, 5.41) is 3.25. The molecule has 0 bridgehead atoms. The fourth-order valence-electron chi connectivity index (χ4n) is 3.92. The van der Waals surface area contributed by atoms with Gasteiger partial charge in [-0.3, -0.25) is 9.69 Å². The first-order chi connectivity index (χ1) is 13.1. The largest absolute Gasteiger partial charge is 0.497 e. The van der Waals surface area contributed by atoms with Gasteiger partial charge in [-0.05, 0) is 48.6 Å². The molecule has 4 heteroatoms. The molecule has 1 aliphatic rings. The predicted octanol–water partition coefficient (Wildman–Crippen LogP) is 4.35. The van der Waals surface area contributed by atoms with Gasteiger partial charge in [0.05, 0.1) is 19.7 Å². The first-order valence-corrected chi connectivity index (χ1v) is 9.81. The molecule has 1 fully saturated rings. The van der Waals surface area contributed by atoms with E-state index in [4.69, 9.17) is 4.74 Å². The minimum Gasteiger partial charge on any atom is -0.497 e. The fraction of sp³-hybridized carbons (Fsp3) is 0.435. The van der Waals surface area contributed by atoms with Crippen molar-refractivity contribution in [3.63, 3.8) is 0 Å². The van der Waals surface area contributed by atoms with Crippen molar-refractivity contribution in [2.45, 2.75) is 38.8 Å². The summed E-state index contributed by atoms with van der Waals surface area (Å²) in [5.41, 5.74) is 2.42. The van der Waals surface area contributed by atoms with E-state index in [1.807, 2.05) is 30.3 Å². The van der Waals surface area contributed by atoms with Gasteiger partial charge >= 0.3 is 0 Å². The van der Waals surface area contributed by atoms with E-state index in [0.29, 0.717) is 18.5 Å². The van der Waals surface area contributed by atoms with E-state index >= 15 is 0 Å². The fourth-order valence-corrected chi connectivity index (χ4v) is 3.92. The summed E-state index contributed by atoms with van der Waals surface area (Å²) >= 11 is 0. The maximum Gasteiger partial charge on any atom is 0.234 e. The van der Waals surface area contributed by atoms with Crippen LogP contribution in [0.5, 0.6) is 5.75 Å². The van der Waals surface area contributed by atoms with Crippen molar-refractivity contribution < 1.29 is 9.53 Å². The number of likely N-dealkylation sites (tertiary alicyclic amines) is 1. The summed E-state index contributed by atoms with van der Waals surface area (Å²) in [6, 6.07) is 18.8. The van der Waals surface area contributed by atoms with Crippen LogP contribution in [0.3, 0.4) is 0 Å². The van der Waals surface area contributed by atoms with E-state index in [1.165, 1.54) is 5.56 Å². The van der Waals surface area contributed by atoms with Gasteiger partial charge in [0.1, 0.15) is 5.75 Å². The normalized spacial score (nSPS) is 18.4. The first kappa shape index (κ1) is 19.4. The number of benzene rings is 2. The standard InChI is InChI=1S/C23H30N2O2/c1-17(2)23(19-8-5-4-6-9-19)24-22(26)16-25-15-7-10-21(25)18-11-13-20(27-3)14-12-18/h4-6,8-9,11-14,17,21,23H,7,10,15-16H2,1-3H3,(H,24,26)/t21-,23+/m0/s1. The number of carbonyl (C=O) groups is 1. The molecule has 0 aliphatic carbocycles. The summed E-state index contributed by atoms with van der Waals surface area (Å²) in [6.45, 7) is 5.69. The maximum absolute atomic E-state index is 12.8. The van der Waals surface area contributed by atoms with Crippen LogP contribution in [0.4, 0.5) is 0 Å². The zero-order valence-electron chi connectivity index (χ0n) is 16.5. The molecule has 3 rings (SSSR count). The van der Waals surface area contributed by atoms with Crippen LogP contribution in [0.2, 0.25) is 0 Å². The lowest BCUT2D eigenvalue weighted by Crippen LogP contribution is -2.40. The summed E-state index contributed by atoms with van der Waals surface area (Å²) in [5.74, 6) is 1.30. The minimum atomic E-state index is 0.0424. The third-order valence-corrected chi connectivity index (χ3v) is 5.35. The molecule has 27 heavy (non-hydrogen) atoms. The molecular weight excluding hydrogens is 336 g/mol. The molecule has 4 nitrogen and oxygen atoms in total. The van der Waals surface area contributed by atoms with Crippen molar-refractivity contribution in [1.82, 2.24) is 10.2 Å². The van der Waals surface area contributed by atoms with E-state index in [2.05, 4.69) is 48.3 Å². The van der Waals surface area contributed by atoms with Gasteiger partial charge in [-0.25, -0.2) is 0 Å². The molecule has 0 radical (unpaired) electrons. The first-order valence-electron chi connectivity index (χ1n) is 9.81. The summed E-state index contributed by atoms with van der Waals surface area (Å²) in [4.78, 5) is 15.1. The summed E-state index contributed by atoms with van der Waals surface area (Å²) < 4.78 is 5.25. The molecule has 0 spiro atoms. The Kier molecular flexibility index (Phi) is 6.51. The second kappa shape index (κ2) is 9.05. The Morgan fingerprint density at radius 2 is 1.85 bits per heavy atom. The smallest absolute Gasteiger partial charge is 0.234 e. The number of amides is 1. The minimum absolute atomic E-state index is 0.0424. The van der Waals surface area contributed by atoms with Crippen molar-refractivity contribution in [2.75, 3.05) is 20.2 Å². The van der Waals surface area contributed by atoms with E-state index in [0.717, 1.165) is 30.7 Å². The quantitative estimate of drug-likeness (QED) is 0.792. The topological polar surface area (TPSA) is 41.6 Å². The van der Waals surface area contributed by atoms with Gasteiger partial charge in [0.2, 0.25) is 5.91 Å². The average molecular weight is 367 g/mol. The molecule has 2 aromatic carbocycles. The Hall–Kier alpha value is -2.33. The SMILES string of the molecule is COc1ccc([C@@H]2CCCN2CC(=O)N[C@@H](c2ccccc2)C(C)C)cc1. The van der Waals surface area contributed by atoms with E-state index in [1.54, 1.807) is 7.11 Å². The molecule has 0 aromatic heterocycles. The predicted molar refractivity (Wildman–Crippen MR) is 109 cm³/mol. The Morgan fingerprint density at radius 3 is 2.48 bits per heavy atom. The molecule has 2 aromatic rings. The molecule has 144 valence electrons. The second-order valence-corrected chi connectivity index (χ2v) is 7.60. The Balaban J connectivity index is 1.65. The van der Waals surface area contributed by atoms with Crippen LogP contribution in [-0.2, 0) is 4.79 Å². The lowest BCUT2D eigenvalue weighted by atomic mass is 9.96. The number of nitrogens with zero attached hydrogens (tertiary/aromatic N) is 1. The average Bonchev–Trinajstić information content (AvgIpc) is 3.14. The number of nitrogens with one attached hydrogen (secondary N) is 1. The van der Waals surface area contributed by atoms with Gasteiger partial charge in [-0.1, -0.05) is 56.3 Å². The van der Waals surface area contributed by atoms with Crippen LogP contribution in [0, 0.1) is 5.92 Å². The van der Waals surface area contributed by atoms with Crippen LogP contribution in [0.25, 0.3) is 0 Å². The van der Waals surface area contributed by atoms with Crippen molar-refractivity contribution >= 4 is 5.91 Å². The zero-order chi connectivity index (χ0) is 19.2. The molecule has 0 saturated carbocycles. The number of methoxy groups -OCH3 is 1. The van der Waals surface area contributed by atoms with Crippen molar-refractivity contribution in [2.24, 2.45) is 5.92 Å². The lowest BCUT2D eigenvalue weighted by Gasteiger charge is -2.27. The molecule has 0 unspecified atom stereocenters. The van der Waals surface area contributed by atoms with Crippen LogP contribution in [0.1, 0.15) is 49.9 Å². The molecule has 1 heterocycles. The number of carbonyl (C=O) groups excluding carboxylic acids is 1. The number of rotatable bonds is 7. The van der Waals surface area contributed by atoms with Crippen LogP contribution in [0.15, 0.2) is 54.6 Å². The van der Waals surface area contributed by atoms with E-state index in [-0.39, 0.29) is 11.9 Å². The molecule has 1 amide bonds. The van der Waals surface area contributed by atoms with Gasteiger partial charge in [-0.15, -0.1) is 0 Å². The lowest BCUT2D eigenvalue weighted by molar-refractivity contribution is -0.123. The van der Waals surface area contributed by atoms with E-state index < -0.39 is 0 Å². The highest BCUT2D eigenvalue weighted by molar-refractivity contribution is 5.78. The molecular formula is C23H30N2O2. The van der Waals surface area contributed by atoms with Gasteiger partial charge in [0, 0.05) is 6.04 Å². The van der Waals surface area contributed by atoms with Gasteiger partial charge in [-0.2, -0.15) is 0 Å². The van der Waals surface area contributed by atoms with Crippen LogP contribution >= 0.6 is 0 Å². The van der Waals surface area contributed by atoms with Crippen LogP contribution < -0.4 is 10.1 Å². The van der Waals surface area contributed by atoms with Gasteiger partial charge in [0.25, 0.3) is 0 Å². The third kappa shape index (κ3) is 4.89. The highest BCUT2D eigenvalue weighted by atomic mass is 16.5. The van der Waals surface area contributed by atoms with Gasteiger partial charge < -0.3 is 10.1 Å². The highest BCUT2D eigenvalue weighted by Gasteiger charge is 2.28. The number of ether oxygens (including phenoxy) is 1. The highest BCUT2D eigenvalue weighted by Crippen LogP contribution is 2.32. The van der Waals surface area contributed by atoms with Crippen molar-refractivity contribution in [3.8, 4) is 5.75 Å². The zero-order valence-corrected chi connectivity index (χ0v) is 16.5. The summed E-state index contributed by atoms with van der Waals surface area (Å²) in [6.07, 6.45) is 2.21.